The molecule has 0 unspecified atom stereocenters. The van der Waals surface area contributed by atoms with Gasteiger partial charge in [-0.2, -0.15) is 35.1 Å². The highest BCUT2D eigenvalue weighted by Crippen LogP contribution is 2.56. The third-order valence-corrected chi connectivity index (χ3v) is 5.00. The standard InChI is InChI=1S/C14H14N4O2.C4F8I2/c19-13(11-3-1-5-15-9-11)17-7-8-18-14(20)12-4-2-6-16-10-12;5-1(6,3(9,10)13)2(7,8)4(11,12)14/h1-6,9-10H,7-8H2,(H,17,19)(H,18,20);. The second-order valence-corrected chi connectivity index (χ2v) is 8.85. The number of pyridine rings is 2. The van der Waals surface area contributed by atoms with Gasteiger partial charge in [-0.05, 0) is 24.3 Å². The SMILES string of the molecule is FC(F)(I)C(F)(F)C(F)(F)C(F)(F)I.O=C(NCCNC(=O)c1cccnc1)c1cccnc1. The molecule has 0 atom stereocenters. The van der Waals surface area contributed by atoms with Crippen molar-refractivity contribution in [2.75, 3.05) is 13.1 Å². The van der Waals surface area contributed by atoms with Crippen LogP contribution in [0.2, 0.25) is 0 Å². The van der Waals surface area contributed by atoms with Crippen LogP contribution >= 0.6 is 45.2 Å². The van der Waals surface area contributed by atoms with E-state index in [-0.39, 0.29) is 57.0 Å². The summed E-state index contributed by atoms with van der Waals surface area (Å²) in [6.45, 7) is 0.694. The van der Waals surface area contributed by atoms with Crippen molar-refractivity contribution in [1.29, 1.82) is 0 Å². The van der Waals surface area contributed by atoms with E-state index < -0.39 is 19.7 Å². The first-order valence-electron chi connectivity index (χ1n) is 8.78. The van der Waals surface area contributed by atoms with Crippen LogP contribution in [0.25, 0.3) is 0 Å². The second kappa shape index (κ2) is 12.2. The van der Waals surface area contributed by atoms with Gasteiger partial charge in [0.15, 0.2) is 0 Å². The Morgan fingerprint density at radius 1 is 0.706 bits per heavy atom. The fraction of sp³-hybridized carbons (Fsp3) is 0.333. The molecule has 2 aromatic heterocycles. The number of carbonyl (C=O) groups is 2. The molecule has 16 heteroatoms. The van der Waals surface area contributed by atoms with Crippen LogP contribution in [0.4, 0.5) is 35.1 Å². The van der Waals surface area contributed by atoms with Gasteiger partial charge in [0.05, 0.1) is 11.1 Å². The molecule has 2 N–H and O–H groups in total. The van der Waals surface area contributed by atoms with Crippen molar-refractivity contribution in [3.8, 4) is 0 Å². The number of halogens is 10. The fourth-order valence-electron chi connectivity index (χ4n) is 1.91. The highest BCUT2D eigenvalue weighted by atomic mass is 127. The van der Waals surface area contributed by atoms with Crippen molar-refractivity contribution in [2.24, 2.45) is 0 Å². The summed E-state index contributed by atoms with van der Waals surface area (Å²) in [6.07, 6.45) is 6.18. The number of alkyl halides is 10. The minimum Gasteiger partial charge on any atom is -0.350 e. The third-order valence-electron chi connectivity index (χ3n) is 3.65. The van der Waals surface area contributed by atoms with Crippen molar-refractivity contribution >= 4 is 57.0 Å². The van der Waals surface area contributed by atoms with E-state index in [0.717, 1.165) is 0 Å². The maximum atomic E-state index is 12.2. The Morgan fingerprint density at radius 3 is 1.26 bits per heavy atom. The topological polar surface area (TPSA) is 84.0 Å². The quantitative estimate of drug-likeness (QED) is 0.175. The Balaban J connectivity index is 0.000000365. The van der Waals surface area contributed by atoms with Crippen molar-refractivity contribution in [3.05, 3.63) is 60.2 Å². The Hall–Kier alpha value is -1.86. The van der Waals surface area contributed by atoms with Gasteiger partial charge in [0.2, 0.25) is 0 Å². The molecule has 0 saturated heterocycles. The van der Waals surface area contributed by atoms with Crippen molar-refractivity contribution < 1.29 is 44.7 Å². The lowest BCUT2D eigenvalue weighted by molar-refractivity contribution is -0.312. The zero-order valence-corrected chi connectivity index (χ0v) is 20.8. The number of amides is 2. The molecule has 0 aliphatic heterocycles. The highest BCUT2D eigenvalue weighted by molar-refractivity contribution is 14.1. The van der Waals surface area contributed by atoms with Crippen LogP contribution in [0.1, 0.15) is 20.7 Å². The third kappa shape index (κ3) is 8.12. The van der Waals surface area contributed by atoms with Gasteiger partial charge in [-0.3, -0.25) is 19.6 Å². The second-order valence-electron chi connectivity index (χ2n) is 6.14. The van der Waals surface area contributed by atoms with Crippen molar-refractivity contribution in [2.45, 2.75) is 19.7 Å². The predicted octanol–water partition coefficient (Wildman–Crippen LogP) is 4.95. The fourth-order valence-corrected chi connectivity index (χ4v) is 2.58. The molecule has 2 heterocycles. The lowest BCUT2D eigenvalue weighted by atomic mass is 10.2. The number of nitrogens with zero attached hydrogens (tertiary/aromatic N) is 2. The molecule has 0 aliphatic rings. The van der Waals surface area contributed by atoms with E-state index in [2.05, 4.69) is 20.6 Å². The Bertz CT molecular complexity index is 865. The summed E-state index contributed by atoms with van der Waals surface area (Å²) in [5, 5.41) is 5.39. The normalized spacial score (nSPS) is 12.3. The minimum absolute atomic E-state index is 0.214. The van der Waals surface area contributed by atoms with E-state index >= 15 is 0 Å². The largest absolute Gasteiger partial charge is 0.388 e. The molecule has 0 saturated carbocycles. The monoisotopic (exact) mass is 724 g/mol. The predicted molar refractivity (Wildman–Crippen MR) is 121 cm³/mol. The molecule has 0 spiro atoms. The van der Waals surface area contributed by atoms with Gasteiger partial charge in [-0.15, -0.1) is 0 Å². The van der Waals surface area contributed by atoms with Crippen LogP contribution in [-0.4, -0.2) is 54.6 Å². The van der Waals surface area contributed by atoms with Gasteiger partial charge in [0.25, 0.3) is 11.8 Å². The highest BCUT2D eigenvalue weighted by Gasteiger charge is 2.79. The maximum Gasteiger partial charge on any atom is 0.388 e. The molecule has 0 aliphatic carbocycles. The lowest BCUT2D eigenvalue weighted by Gasteiger charge is -2.31. The van der Waals surface area contributed by atoms with Crippen LogP contribution < -0.4 is 10.6 Å². The van der Waals surface area contributed by atoms with Crippen LogP contribution in [0.15, 0.2) is 49.1 Å². The van der Waals surface area contributed by atoms with E-state index in [4.69, 9.17) is 0 Å². The molecule has 2 aromatic rings. The first-order chi connectivity index (χ1) is 15.5. The van der Waals surface area contributed by atoms with E-state index in [9.17, 15) is 44.7 Å². The summed E-state index contributed by atoms with van der Waals surface area (Å²) >= 11 is -0.631. The minimum atomic E-state index is -6.12. The van der Waals surface area contributed by atoms with Crippen molar-refractivity contribution in [1.82, 2.24) is 20.6 Å². The van der Waals surface area contributed by atoms with Crippen molar-refractivity contribution in [3.63, 3.8) is 0 Å². The van der Waals surface area contributed by atoms with Gasteiger partial charge in [-0.1, -0.05) is 0 Å². The average Bonchev–Trinajstić information content (AvgIpc) is 2.76. The summed E-state index contributed by atoms with van der Waals surface area (Å²) in [5.41, 5.74) is 0.983. The molecule has 0 radical (unpaired) electrons. The number of hydrogen-bond donors (Lipinski definition) is 2. The number of nitrogens with one attached hydrogen (secondary N) is 2. The average molecular weight is 724 g/mol. The van der Waals surface area contributed by atoms with Gasteiger partial charge in [-0.25, -0.2) is 0 Å². The Labute approximate surface area is 214 Å². The Morgan fingerprint density at radius 2 is 1.03 bits per heavy atom. The lowest BCUT2D eigenvalue weighted by Crippen LogP contribution is -2.58. The summed E-state index contributed by atoms with van der Waals surface area (Å²) < 4.78 is 86.1. The zero-order valence-electron chi connectivity index (χ0n) is 16.5. The number of carbonyl (C=O) groups excluding carboxylic acids is 2. The van der Waals surface area contributed by atoms with Crippen LogP contribution in [-0.2, 0) is 0 Å². The van der Waals surface area contributed by atoms with Gasteiger partial charge < -0.3 is 10.6 Å². The maximum absolute atomic E-state index is 12.2. The molecular weight excluding hydrogens is 710 g/mol. The summed E-state index contributed by atoms with van der Waals surface area (Å²) in [5.74, 6) is -12.7. The number of hydrogen-bond acceptors (Lipinski definition) is 4. The molecule has 2 amide bonds. The van der Waals surface area contributed by atoms with E-state index in [1.165, 1.54) is 12.4 Å². The van der Waals surface area contributed by atoms with Crippen LogP contribution in [0.5, 0.6) is 0 Å². The molecular formula is C18H14F8I2N4O2. The smallest absolute Gasteiger partial charge is 0.350 e. The van der Waals surface area contributed by atoms with E-state index in [1.54, 1.807) is 36.7 Å². The molecule has 6 nitrogen and oxygen atoms in total. The first-order valence-corrected chi connectivity index (χ1v) is 10.9. The number of rotatable bonds is 8. The molecule has 0 fully saturated rings. The molecule has 188 valence electrons. The van der Waals surface area contributed by atoms with E-state index in [1.807, 2.05) is 0 Å². The van der Waals surface area contributed by atoms with Gasteiger partial charge in [0.1, 0.15) is 0 Å². The summed E-state index contributed by atoms with van der Waals surface area (Å²) in [4.78, 5) is 31.1. The molecule has 2 rings (SSSR count). The first kappa shape index (κ1) is 30.2. The summed E-state index contributed by atoms with van der Waals surface area (Å²) in [7, 11) is 0. The van der Waals surface area contributed by atoms with E-state index in [0.29, 0.717) is 24.2 Å². The van der Waals surface area contributed by atoms with Crippen LogP contribution in [0, 0.1) is 0 Å². The zero-order chi connectivity index (χ0) is 26.2. The number of aromatic nitrogens is 2. The van der Waals surface area contributed by atoms with Crippen LogP contribution in [0.3, 0.4) is 0 Å². The Kier molecular flexibility index (Phi) is 10.8. The van der Waals surface area contributed by atoms with Gasteiger partial charge >= 0.3 is 19.7 Å². The van der Waals surface area contributed by atoms with Gasteiger partial charge in [0, 0.05) is 83.1 Å². The molecule has 0 aromatic carbocycles. The molecule has 34 heavy (non-hydrogen) atoms. The molecule has 0 bridgehead atoms. The summed E-state index contributed by atoms with van der Waals surface area (Å²) in [6, 6.07) is 6.74.